The predicted octanol–water partition coefficient (Wildman–Crippen LogP) is 3.79. The van der Waals surface area contributed by atoms with Gasteiger partial charge in [-0.3, -0.25) is 9.48 Å². The summed E-state index contributed by atoms with van der Waals surface area (Å²) in [5, 5.41) is 6.78. The van der Waals surface area contributed by atoms with Crippen LogP contribution in [0.25, 0.3) is 0 Å². The number of anilines is 1. The van der Waals surface area contributed by atoms with Crippen LogP contribution >= 0.6 is 0 Å². The van der Waals surface area contributed by atoms with E-state index in [1.807, 2.05) is 0 Å². The number of halogens is 4. The van der Waals surface area contributed by atoms with Gasteiger partial charge in [0.15, 0.2) is 5.82 Å². The quantitative estimate of drug-likeness (QED) is 0.844. The first kappa shape index (κ1) is 15.9. The highest BCUT2D eigenvalue weighted by Crippen LogP contribution is 2.53. The molecule has 0 spiro atoms. The maximum Gasteiger partial charge on any atom is 0.260 e. The molecule has 1 aromatic heterocycles. The molecule has 0 aliphatic heterocycles. The summed E-state index contributed by atoms with van der Waals surface area (Å²) in [7, 11) is 1.66. The molecule has 0 aromatic carbocycles. The predicted molar refractivity (Wildman–Crippen MR) is 78.4 cm³/mol. The SMILES string of the molecule is Cn1nc(NC(=O)[C@H]2CC2(F)F)c(C2CCC2)c1C1CC(F)(F)C1. The maximum atomic E-state index is 13.3. The van der Waals surface area contributed by atoms with Crippen molar-refractivity contribution in [3.8, 4) is 0 Å². The standard InChI is InChI=1S/C16H19F4N3O/c1-23-12(9-5-15(17,18)6-9)11(8-3-2-4-8)13(22-23)21-14(24)10-7-16(10,19)20/h8-10H,2-7H2,1H3,(H,21,22,24)/t10-/m1/s1. The summed E-state index contributed by atoms with van der Waals surface area (Å²) in [6, 6.07) is 0. The van der Waals surface area contributed by atoms with Crippen molar-refractivity contribution in [1.82, 2.24) is 9.78 Å². The minimum absolute atomic E-state index is 0.165. The first-order valence-electron chi connectivity index (χ1n) is 8.31. The summed E-state index contributed by atoms with van der Waals surface area (Å²) in [6.45, 7) is 0. The second kappa shape index (κ2) is 4.95. The first-order valence-corrected chi connectivity index (χ1v) is 8.31. The maximum absolute atomic E-state index is 13.3. The monoisotopic (exact) mass is 345 g/mol. The number of nitrogens with zero attached hydrogens (tertiary/aromatic N) is 2. The van der Waals surface area contributed by atoms with Gasteiger partial charge in [0.2, 0.25) is 11.8 Å². The summed E-state index contributed by atoms with van der Waals surface area (Å²) < 4.78 is 54.2. The topological polar surface area (TPSA) is 46.9 Å². The molecule has 3 aliphatic carbocycles. The van der Waals surface area contributed by atoms with Crippen molar-refractivity contribution < 1.29 is 22.4 Å². The fraction of sp³-hybridized carbons (Fsp3) is 0.750. The van der Waals surface area contributed by atoms with E-state index in [4.69, 9.17) is 0 Å². The van der Waals surface area contributed by atoms with Gasteiger partial charge in [-0.2, -0.15) is 5.10 Å². The number of hydrogen-bond donors (Lipinski definition) is 1. The van der Waals surface area contributed by atoms with E-state index in [0.717, 1.165) is 30.5 Å². The van der Waals surface area contributed by atoms with Crippen LogP contribution < -0.4 is 5.32 Å². The van der Waals surface area contributed by atoms with Gasteiger partial charge in [0.25, 0.3) is 5.92 Å². The van der Waals surface area contributed by atoms with Crippen molar-refractivity contribution >= 4 is 11.7 Å². The Morgan fingerprint density at radius 2 is 1.79 bits per heavy atom. The summed E-state index contributed by atoms with van der Waals surface area (Å²) >= 11 is 0. The Balaban J connectivity index is 1.61. The van der Waals surface area contributed by atoms with Crippen LogP contribution in [0.1, 0.15) is 61.6 Å². The van der Waals surface area contributed by atoms with E-state index in [9.17, 15) is 22.4 Å². The zero-order valence-electron chi connectivity index (χ0n) is 13.3. The van der Waals surface area contributed by atoms with Crippen LogP contribution in [0.4, 0.5) is 23.4 Å². The zero-order valence-corrected chi connectivity index (χ0v) is 13.3. The summed E-state index contributed by atoms with van der Waals surface area (Å²) in [4.78, 5) is 12.0. The van der Waals surface area contributed by atoms with Crippen LogP contribution in [0.15, 0.2) is 0 Å². The van der Waals surface area contributed by atoms with Crippen LogP contribution in [-0.4, -0.2) is 27.5 Å². The van der Waals surface area contributed by atoms with Crippen molar-refractivity contribution in [1.29, 1.82) is 0 Å². The fourth-order valence-electron chi connectivity index (χ4n) is 3.79. The highest BCUT2D eigenvalue weighted by atomic mass is 19.3. The van der Waals surface area contributed by atoms with Crippen molar-refractivity contribution in [3.05, 3.63) is 11.3 Å². The van der Waals surface area contributed by atoms with Crippen molar-refractivity contribution in [3.63, 3.8) is 0 Å². The van der Waals surface area contributed by atoms with Crippen LogP contribution in [0, 0.1) is 5.92 Å². The number of aromatic nitrogens is 2. The number of amides is 1. The van der Waals surface area contributed by atoms with Crippen molar-refractivity contribution in [2.24, 2.45) is 13.0 Å². The van der Waals surface area contributed by atoms with Crippen molar-refractivity contribution in [2.45, 2.75) is 62.2 Å². The first-order chi connectivity index (χ1) is 11.2. The van der Waals surface area contributed by atoms with Gasteiger partial charge in [-0.1, -0.05) is 6.42 Å². The van der Waals surface area contributed by atoms with Crippen LogP contribution in [-0.2, 0) is 11.8 Å². The molecule has 1 heterocycles. The third-order valence-electron chi connectivity index (χ3n) is 5.50. The highest BCUT2D eigenvalue weighted by molar-refractivity contribution is 5.95. The van der Waals surface area contributed by atoms with Gasteiger partial charge >= 0.3 is 0 Å². The van der Waals surface area contributed by atoms with E-state index < -0.39 is 30.1 Å². The molecule has 24 heavy (non-hydrogen) atoms. The largest absolute Gasteiger partial charge is 0.309 e. The molecule has 8 heteroatoms. The number of alkyl halides is 4. The molecule has 0 radical (unpaired) electrons. The number of aryl methyl sites for hydroxylation is 1. The Morgan fingerprint density at radius 1 is 1.17 bits per heavy atom. The molecule has 1 aromatic rings. The molecule has 0 saturated heterocycles. The lowest BCUT2D eigenvalue weighted by atomic mass is 9.72. The number of carbonyl (C=O) groups is 1. The third-order valence-corrected chi connectivity index (χ3v) is 5.50. The van der Waals surface area contributed by atoms with Gasteiger partial charge in [0.05, 0.1) is 0 Å². The van der Waals surface area contributed by atoms with Gasteiger partial charge < -0.3 is 5.32 Å². The van der Waals surface area contributed by atoms with E-state index in [-0.39, 0.29) is 30.5 Å². The van der Waals surface area contributed by atoms with Crippen LogP contribution in [0.5, 0.6) is 0 Å². The smallest absolute Gasteiger partial charge is 0.260 e. The molecule has 132 valence electrons. The molecule has 3 aliphatic rings. The van der Waals surface area contributed by atoms with Gasteiger partial charge in [-0.15, -0.1) is 0 Å². The van der Waals surface area contributed by atoms with E-state index in [0.29, 0.717) is 0 Å². The zero-order chi connectivity index (χ0) is 17.3. The summed E-state index contributed by atoms with van der Waals surface area (Å²) in [5.74, 6) is -7.46. The van der Waals surface area contributed by atoms with E-state index in [1.54, 1.807) is 7.05 Å². The Bertz CT molecular complexity index is 688. The molecule has 4 nitrogen and oxygen atoms in total. The number of rotatable bonds is 4. The number of hydrogen-bond acceptors (Lipinski definition) is 2. The molecular formula is C16H19F4N3O. The van der Waals surface area contributed by atoms with E-state index >= 15 is 0 Å². The molecule has 3 fully saturated rings. The third kappa shape index (κ3) is 2.50. The Labute approximate surface area is 136 Å². The van der Waals surface area contributed by atoms with E-state index in [1.165, 1.54) is 4.68 Å². The molecule has 1 N–H and O–H groups in total. The lowest BCUT2D eigenvalue weighted by molar-refractivity contribution is -0.119. The lowest BCUT2D eigenvalue weighted by Gasteiger charge is -2.37. The van der Waals surface area contributed by atoms with Gasteiger partial charge in [-0.25, -0.2) is 17.6 Å². The molecule has 0 unspecified atom stereocenters. The minimum atomic E-state index is -2.94. The molecule has 3 saturated carbocycles. The summed E-state index contributed by atoms with van der Waals surface area (Å²) in [6.07, 6.45) is 1.97. The molecule has 1 amide bonds. The lowest BCUT2D eigenvalue weighted by Crippen LogP contribution is -2.35. The normalized spacial score (nSPS) is 28.1. The average Bonchev–Trinajstić information content (AvgIpc) is 2.91. The molecule has 4 rings (SSSR count). The average molecular weight is 345 g/mol. The van der Waals surface area contributed by atoms with Gasteiger partial charge in [0.1, 0.15) is 5.92 Å². The Hall–Kier alpha value is -1.60. The van der Waals surface area contributed by atoms with Crippen LogP contribution in [0.2, 0.25) is 0 Å². The minimum Gasteiger partial charge on any atom is -0.309 e. The van der Waals surface area contributed by atoms with Gasteiger partial charge in [0, 0.05) is 43.5 Å². The fourth-order valence-corrected chi connectivity index (χ4v) is 3.79. The number of nitrogens with one attached hydrogen (secondary N) is 1. The van der Waals surface area contributed by atoms with Crippen molar-refractivity contribution in [2.75, 3.05) is 5.32 Å². The Kier molecular flexibility index (Phi) is 3.28. The highest BCUT2D eigenvalue weighted by Gasteiger charge is 2.61. The summed E-state index contributed by atoms with van der Waals surface area (Å²) in [5.41, 5.74) is 1.50. The Morgan fingerprint density at radius 3 is 2.25 bits per heavy atom. The van der Waals surface area contributed by atoms with Crippen LogP contribution in [0.3, 0.4) is 0 Å². The molecule has 1 atom stereocenters. The van der Waals surface area contributed by atoms with E-state index in [2.05, 4.69) is 10.4 Å². The number of carbonyl (C=O) groups excluding carboxylic acids is 1. The molecular weight excluding hydrogens is 326 g/mol. The second-order valence-electron chi connectivity index (χ2n) is 7.37. The second-order valence-corrected chi connectivity index (χ2v) is 7.37. The molecule has 0 bridgehead atoms. The van der Waals surface area contributed by atoms with Gasteiger partial charge in [-0.05, 0) is 18.8 Å².